The summed E-state index contributed by atoms with van der Waals surface area (Å²) in [5, 5.41) is 0. The molecular weight excluding hydrogens is 342 g/mol. The van der Waals surface area contributed by atoms with Crippen LogP contribution in [0.15, 0.2) is 0 Å². The predicted octanol–water partition coefficient (Wildman–Crippen LogP) is -0.953. The van der Waals surface area contributed by atoms with E-state index in [4.69, 9.17) is 0 Å². The molecule has 0 radical (unpaired) electrons. The molecule has 3 fully saturated rings. The molecule has 2 aliphatic heterocycles. The van der Waals surface area contributed by atoms with E-state index in [0.717, 1.165) is 4.31 Å². The van der Waals surface area contributed by atoms with Crippen molar-refractivity contribution in [1.29, 1.82) is 0 Å². The number of hydrogen-bond donors (Lipinski definition) is 0. The van der Waals surface area contributed by atoms with Crippen molar-refractivity contribution in [1.82, 2.24) is 13.5 Å². The summed E-state index contributed by atoms with van der Waals surface area (Å²) in [5.41, 5.74) is 0. The molecule has 1 atom stereocenters. The van der Waals surface area contributed by atoms with Gasteiger partial charge in [0.15, 0.2) is 0 Å². The van der Waals surface area contributed by atoms with Crippen LogP contribution in [0.5, 0.6) is 0 Å². The van der Waals surface area contributed by atoms with Gasteiger partial charge in [-0.25, -0.2) is 21.1 Å². The number of sulfonamides is 2. The second-order valence-electron chi connectivity index (χ2n) is 6.41. The fraction of sp³-hybridized carbons (Fsp3) is 0.923. The van der Waals surface area contributed by atoms with E-state index in [-0.39, 0.29) is 30.6 Å². The molecule has 0 aromatic carbocycles. The molecule has 8 nitrogen and oxygen atoms in total. The first-order valence-corrected chi connectivity index (χ1v) is 11.3. The van der Waals surface area contributed by atoms with E-state index >= 15 is 0 Å². The number of nitrogens with zero attached hydrogens (tertiary/aromatic N) is 3. The zero-order chi connectivity index (χ0) is 16.8. The maximum atomic E-state index is 12.8. The van der Waals surface area contributed by atoms with Gasteiger partial charge in [0.05, 0.1) is 11.5 Å². The molecule has 1 unspecified atom stereocenters. The molecule has 3 rings (SSSR count). The topological polar surface area (TPSA) is 95.1 Å². The summed E-state index contributed by atoms with van der Waals surface area (Å²) in [6.07, 6.45) is 1.93. The Balaban J connectivity index is 1.86. The lowest BCUT2D eigenvalue weighted by molar-refractivity contribution is -0.133. The molecule has 10 heteroatoms. The van der Waals surface area contributed by atoms with Crippen LogP contribution in [-0.4, -0.2) is 86.0 Å². The van der Waals surface area contributed by atoms with E-state index < -0.39 is 32.0 Å². The van der Waals surface area contributed by atoms with Gasteiger partial charge >= 0.3 is 0 Å². The van der Waals surface area contributed by atoms with Crippen molar-refractivity contribution in [2.45, 2.75) is 38.3 Å². The first kappa shape index (κ1) is 17.1. The minimum atomic E-state index is -3.59. The molecule has 0 spiro atoms. The van der Waals surface area contributed by atoms with E-state index in [2.05, 4.69) is 0 Å². The number of rotatable bonds is 4. The molecule has 2 saturated heterocycles. The van der Waals surface area contributed by atoms with Crippen LogP contribution in [0.3, 0.4) is 0 Å². The monoisotopic (exact) mass is 365 g/mol. The third-order valence-corrected chi connectivity index (χ3v) is 8.44. The van der Waals surface area contributed by atoms with Gasteiger partial charge in [-0.3, -0.25) is 9.69 Å². The molecule has 0 bridgehead atoms. The fourth-order valence-electron chi connectivity index (χ4n) is 3.27. The molecule has 3 aliphatic rings. The van der Waals surface area contributed by atoms with Gasteiger partial charge in [0, 0.05) is 32.2 Å². The fourth-order valence-corrected chi connectivity index (χ4v) is 6.49. The Morgan fingerprint density at radius 3 is 2.48 bits per heavy atom. The summed E-state index contributed by atoms with van der Waals surface area (Å²) in [6, 6.07) is -0.914. The highest BCUT2D eigenvalue weighted by atomic mass is 32.2. The average molecular weight is 365 g/mol. The van der Waals surface area contributed by atoms with Crippen molar-refractivity contribution >= 4 is 26.0 Å². The van der Waals surface area contributed by atoms with E-state index in [1.165, 1.54) is 4.31 Å². The Bertz CT molecular complexity index is 686. The molecular formula is C13H23N3O5S2. The molecule has 132 valence electrons. The van der Waals surface area contributed by atoms with Crippen molar-refractivity contribution < 1.29 is 21.6 Å². The molecule has 0 N–H and O–H groups in total. The van der Waals surface area contributed by atoms with E-state index in [9.17, 15) is 21.6 Å². The Morgan fingerprint density at radius 1 is 1.17 bits per heavy atom. The van der Waals surface area contributed by atoms with Crippen LogP contribution in [0.1, 0.15) is 26.2 Å². The van der Waals surface area contributed by atoms with Gasteiger partial charge in [-0.1, -0.05) is 6.92 Å². The summed E-state index contributed by atoms with van der Waals surface area (Å²) in [5.74, 6) is -0.479. The van der Waals surface area contributed by atoms with Gasteiger partial charge in [0.25, 0.3) is 5.91 Å². The van der Waals surface area contributed by atoms with Crippen LogP contribution < -0.4 is 0 Å². The van der Waals surface area contributed by atoms with Crippen molar-refractivity contribution in [3.63, 3.8) is 0 Å². The maximum Gasteiger partial charge on any atom is 0.255 e. The number of carbonyl (C=O) groups excluding carboxylic acids is 1. The van der Waals surface area contributed by atoms with Gasteiger partial charge in [0.2, 0.25) is 20.0 Å². The molecule has 1 aliphatic carbocycles. The van der Waals surface area contributed by atoms with Crippen LogP contribution in [0.25, 0.3) is 0 Å². The Labute approximate surface area is 137 Å². The first-order chi connectivity index (χ1) is 10.8. The Morgan fingerprint density at radius 2 is 1.87 bits per heavy atom. The lowest BCUT2D eigenvalue weighted by atomic mass is 10.2. The smallest absolute Gasteiger partial charge is 0.255 e. The second kappa shape index (κ2) is 5.98. The molecule has 0 aromatic heterocycles. The molecule has 0 aromatic rings. The van der Waals surface area contributed by atoms with Crippen molar-refractivity contribution in [2.75, 3.05) is 37.7 Å². The van der Waals surface area contributed by atoms with Crippen molar-refractivity contribution in [3.05, 3.63) is 0 Å². The molecule has 1 saturated carbocycles. The van der Waals surface area contributed by atoms with Gasteiger partial charge in [-0.2, -0.15) is 4.31 Å². The number of piperazine rings is 1. The van der Waals surface area contributed by atoms with Crippen molar-refractivity contribution in [3.8, 4) is 0 Å². The van der Waals surface area contributed by atoms with Gasteiger partial charge in [-0.15, -0.1) is 0 Å². The second-order valence-corrected chi connectivity index (χ2v) is 10.5. The highest BCUT2D eigenvalue weighted by Crippen LogP contribution is 2.33. The molecule has 23 heavy (non-hydrogen) atoms. The normalized spacial score (nSPS) is 30.0. The minimum absolute atomic E-state index is 0.0541. The number of hydrogen-bond acceptors (Lipinski definition) is 6. The first-order valence-electron chi connectivity index (χ1n) is 8.04. The Hall–Kier alpha value is -0.710. The minimum Gasteiger partial charge on any atom is -0.288 e. The van der Waals surface area contributed by atoms with E-state index in [0.29, 0.717) is 32.4 Å². The summed E-state index contributed by atoms with van der Waals surface area (Å²) in [7, 11) is -6.98. The zero-order valence-corrected chi connectivity index (χ0v) is 14.9. The third kappa shape index (κ3) is 3.26. The Kier molecular flexibility index (Phi) is 4.45. The summed E-state index contributed by atoms with van der Waals surface area (Å²) >= 11 is 0. The standard InChI is InChI=1S/C13H23N3O5S2/c1-2-8-22(18,19)15-6-5-14-7-9-23(20,21)16(11-3-4-11)13(17)12(14)10-15/h11-12H,2-10H2,1H3. The highest BCUT2D eigenvalue weighted by molar-refractivity contribution is 7.89. The zero-order valence-electron chi connectivity index (χ0n) is 13.2. The maximum absolute atomic E-state index is 12.8. The molecule has 1 amide bonds. The van der Waals surface area contributed by atoms with Gasteiger partial charge in [0.1, 0.15) is 6.04 Å². The lowest BCUT2D eigenvalue weighted by Crippen LogP contribution is -2.59. The average Bonchev–Trinajstić information content (AvgIpc) is 3.29. The number of fused-ring (bicyclic) bond motifs is 1. The number of carbonyl (C=O) groups is 1. The van der Waals surface area contributed by atoms with Crippen LogP contribution in [0.4, 0.5) is 0 Å². The number of amides is 1. The quantitative estimate of drug-likeness (QED) is 0.637. The van der Waals surface area contributed by atoms with Gasteiger partial charge in [-0.05, 0) is 19.3 Å². The van der Waals surface area contributed by atoms with E-state index in [1.807, 2.05) is 4.90 Å². The highest BCUT2D eigenvalue weighted by Gasteiger charge is 2.49. The lowest BCUT2D eigenvalue weighted by Gasteiger charge is -2.39. The van der Waals surface area contributed by atoms with Crippen LogP contribution in [0, 0.1) is 0 Å². The summed E-state index contributed by atoms with van der Waals surface area (Å²) in [4.78, 5) is 14.6. The predicted molar refractivity (Wildman–Crippen MR) is 84.7 cm³/mol. The third-order valence-electron chi connectivity index (χ3n) is 4.63. The summed E-state index contributed by atoms with van der Waals surface area (Å²) in [6.45, 7) is 2.85. The summed E-state index contributed by atoms with van der Waals surface area (Å²) < 4.78 is 51.7. The van der Waals surface area contributed by atoms with Crippen LogP contribution in [0.2, 0.25) is 0 Å². The van der Waals surface area contributed by atoms with E-state index in [1.54, 1.807) is 6.92 Å². The largest absolute Gasteiger partial charge is 0.288 e. The van der Waals surface area contributed by atoms with Crippen LogP contribution in [-0.2, 0) is 24.8 Å². The van der Waals surface area contributed by atoms with Crippen molar-refractivity contribution in [2.24, 2.45) is 0 Å². The SMILES string of the molecule is CCCS(=O)(=O)N1CCN2CCS(=O)(=O)N(C3CC3)C(=O)C2C1. The van der Waals surface area contributed by atoms with Gasteiger partial charge < -0.3 is 0 Å². The van der Waals surface area contributed by atoms with Crippen LogP contribution >= 0.6 is 0 Å². The molecule has 2 heterocycles.